The van der Waals surface area contributed by atoms with Gasteiger partial charge in [-0.1, -0.05) is 0 Å². The summed E-state index contributed by atoms with van der Waals surface area (Å²) in [6.07, 6.45) is -16.8. The zero-order valence-electron chi connectivity index (χ0n) is 18.7. The van der Waals surface area contributed by atoms with Gasteiger partial charge in [0.2, 0.25) is 0 Å². The van der Waals surface area contributed by atoms with Crippen LogP contribution in [0, 0.1) is 0 Å². The Balaban J connectivity index is 1.76. The van der Waals surface area contributed by atoms with E-state index in [1.54, 1.807) is 0 Å². The van der Waals surface area contributed by atoms with E-state index in [2.05, 4.69) is 5.32 Å². The molecule has 0 bridgehead atoms. The van der Waals surface area contributed by atoms with Crippen molar-refractivity contribution in [3.8, 4) is 0 Å². The van der Waals surface area contributed by atoms with Crippen molar-refractivity contribution in [3.63, 3.8) is 0 Å². The number of halogens is 1. The van der Waals surface area contributed by atoms with Gasteiger partial charge in [0.25, 0.3) is 0 Å². The fourth-order valence-electron chi connectivity index (χ4n) is 4.06. The zero-order valence-corrected chi connectivity index (χ0v) is 19.5. The lowest BCUT2D eigenvalue weighted by Crippen LogP contribution is -2.68. The van der Waals surface area contributed by atoms with Crippen LogP contribution in [0.25, 0.3) is 0 Å². The van der Waals surface area contributed by atoms with Crippen LogP contribution in [0.3, 0.4) is 0 Å². The summed E-state index contributed by atoms with van der Waals surface area (Å²) in [4.78, 5) is 13.8. The fraction of sp³-hybridized carbons (Fsp3) is 0.947. The highest BCUT2D eigenvalue weighted by atomic mass is 35.5. The smallest absolute Gasteiger partial charge is 0.319 e. The van der Waals surface area contributed by atoms with E-state index in [0.717, 1.165) is 4.90 Å². The van der Waals surface area contributed by atoms with Crippen LogP contribution < -0.4 is 5.32 Å². The number of amides is 2. The number of nitrogens with one attached hydrogen (secondary N) is 1. The molecule has 10 atom stereocenters. The van der Waals surface area contributed by atoms with E-state index in [1.165, 1.54) is 0 Å². The monoisotopic (exact) mass is 532 g/mol. The Hall–Kier alpha value is -0.920. The van der Waals surface area contributed by atoms with Crippen molar-refractivity contribution in [2.45, 2.75) is 67.6 Å². The summed E-state index contributed by atoms with van der Waals surface area (Å²) in [5.74, 6) is 0.112. The molecule has 0 aliphatic carbocycles. The molecular formula is C19H33ClN2O13. The maximum atomic E-state index is 12.8. The highest BCUT2D eigenvalue weighted by Crippen LogP contribution is 2.30. The third-order valence-corrected chi connectivity index (χ3v) is 6.14. The summed E-state index contributed by atoms with van der Waals surface area (Å²) in [6, 6.07) is -0.703. The lowest BCUT2D eigenvalue weighted by atomic mass is 9.96. The van der Waals surface area contributed by atoms with Crippen LogP contribution in [0.4, 0.5) is 4.79 Å². The van der Waals surface area contributed by atoms with Crippen molar-refractivity contribution in [1.82, 2.24) is 10.2 Å². The van der Waals surface area contributed by atoms with E-state index < -0.39 is 86.9 Å². The molecule has 0 radical (unpaired) electrons. The quantitative estimate of drug-likeness (QED) is 0.131. The fourth-order valence-corrected chi connectivity index (χ4v) is 4.15. The van der Waals surface area contributed by atoms with Gasteiger partial charge < -0.3 is 64.7 Å². The number of aliphatic hydroxyl groups is 7. The Morgan fingerprint density at radius 2 is 1.57 bits per heavy atom. The van der Waals surface area contributed by atoms with Gasteiger partial charge in [0.1, 0.15) is 48.8 Å². The van der Waals surface area contributed by atoms with Crippen LogP contribution in [-0.4, -0.2) is 160 Å². The number of carbonyl (C=O) groups is 1. The molecule has 3 fully saturated rings. The van der Waals surface area contributed by atoms with Gasteiger partial charge in [-0.15, -0.1) is 11.6 Å². The molecule has 16 heteroatoms. The van der Waals surface area contributed by atoms with E-state index in [4.69, 9.17) is 35.3 Å². The molecule has 0 spiro atoms. The van der Waals surface area contributed by atoms with Crippen LogP contribution >= 0.6 is 11.6 Å². The zero-order chi connectivity index (χ0) is 25.7. The van der Waals surface area contributed by atoms with Crippen LogP contribution in [-0.2, 0) is 23.7 Å². The number of ether oxygens (including phenoxy) is 5. The van der Waals surface area contributed by atoms with Gasteiger partial charge in [-0.25, -0.2) is 4.79 Å². The van der Waals surface area contributed by atoms with Crippen LogP contribution in [0.15, 0.2) is 0 Å². The highest BCUT2D eigenvalue weighted by Gasteiger charge is 2.52. The van der Waals surface area contributed by atoms with Gasteiger partial charge in [0.15, 0.2) is 18.8 Å². The molecule has 3 aliphatic rings. The molecule has 3 saturated heterocycles. The number of rotatable bonds is 9. The Bertz CT molecular complexity index is 671. The first-order valence-electron chi connectivity index (χ1n) is 11.2. The Kier molecular flexibility index (Phi) is 10.7. The Morgan fingerprint density at radius 1 is 0.914 bits per heavy atom. The Morgan fingerprint density at radius 3 is 2.17 bits per heavy atom. The number of nitrogens with zero attached hydrogens (tertiary/aromatic N) is 1. The first kappa shape index (κ1) is 28.6. The van der Waals surface area contributed by atoms with Gasteiger partial charge in [-0.05, 0) is 0 Å². The van der Waals surface area contributed by atoms with Gasteiger partial charge in [-0.2, -0.15) is 0 Å². The molecule has 204 valence electrons. The van der Waals surface area contributed by atoms with Gasteiger partial charge in [-0.3, -0.25) is 4.90 Å². The summed E-state index contributed by atoms with van der Waals surface area (Å²) in [5, 5.41) is 73.6. The number of hydrogen-bond acceptors (Lipinski definition) is 13. The third kappa shape index (κ3) is 6.51. The van der Waals surface area contributed by atoms with Gasteiger partial charge in [0.05, 0.1) is 33.0 Å². The second-order valence-electron chi connectivity index (χ2n) is 8.27. The Labute approximate surface area is 205 Å². The topological polar surface area (TPSA) is 220 Å². The van der Waals surface area contributed by atoms with Crippen molar-refractivity contribution in [1.29, 1.82) is 0 Å². The van der Waals surface area contributed by atoms with E-state index >= 15 is 0 Å². The number of carbonyl (C=O) groups excluding carboxylic acids is 1. The number of hydrogen-bond donors (Lipinski definition) is 8. The van der Waals surface area contributed by atoms with E-state index in [9.17, 15) is 40.5 Å². The van der Waals surface area contributed by atoms with Crippen molar-refractivity contribution in [2.75, 3.05) is 45.4 Å². The molecule has 1 unspecified atom stereocenters. The number of urea groups is 1. The van der Waals surface area contributed by atoms with Crippen molar-refractivity contribution >= 4 is 17.6 Å². The molecule has 0 saturated carbocycles. The van der Waals surface area contributed by atoms with Crippen LogP contribution in [0.5, 0.6) is 0 Å². The number of aliphatic hydroxyl groups excluding tert-OH is 7. The predicted octanol–water partition coefficient (Wildman–Crippen LogP) is -4.77. The molecule has 3 rings (SSSR count). The minimum atomic E-state index is -1.79. The summed E-state index contributed by atoms with van der Waals surface area (Å²) < 4.78 is 27.3. The SMILES string of the molecule is O=C(NCCCl)N(CC1OCCO1)C1O[C@H](CO)[C@@H](O[C@H]2O[C@H](CO)[C@@H](O)[C@H](O)[C@H]2O)[C@H](O)[C@H]1O. The summed E-state index contributed by atoms with van der Waals surface area (Å²) in [5.41, 5.74) is 0. The lowest BCUT2D eigenvalue weighted by Gasteiger charge is -2.48. The van der Waals surface area contributed by atoms with Gasteiger partial charge in [0, 0.05) is 12.4 Å². The molecule has 0 aromatic carbocycles. The molecule has 35 heavy (non-hydrogen) atoms. The summed E-state index contributed by atoms with van der Waals surface area (Å²) >= 11 is 5.63. The largest absolute Gasteiger partial charge is 0.394 e. The lowest BCUT2D eigenvalue weighted by molar-refractivity contribution is -0.348. The van der Waals surface area contributed by atoms with Crippen LogP contribution in [0.1, 0.15) is 0 Å². The molecule has 0 aromatic heterocycles. The predicted molar refractivity (Wildman–Crippen MR) is 113 cm³/mol. The van der Waals surface area contributed by atoms with Gasteiger partial charge >= 0.3 is 6.03 Å². The van der Waals surface area contributed by atoms with E-state index in [-0.39, 0.29) is 19.0 Å². The molecule has 3 heterocycles. The number of alkyl halides is 1. The average molecular weight is 533 g/mol. The van der Waals surface area contributed by atoms with E-state index in [0.29, 0.717) is 13.2 Å². The standard InChI is InChI=1S/C19H33ClN2O13/c20-1-2-21-19(30)22(5-10-31-3-4-32-10)17-14(28)13(27)16(9(7-24)33-17)35-18-15(29)12(26)11(25)8(6-23)34-18/h8-18,23-29H,1-7H2,(H,21,30)/t8-,9-,11-,12+,13-,14-,15-,16-,17?,18-/m1/s1. The molecule has 15 nitrogen and oxygen atoms in total. The summed E-state index contributed by atoms with van der Waals surface area (Å²) in [6.45, 7) is -0.935. The van der Waals surface area contributed by atoms with Crippen molar-refractivity contribution in [3.05, 3.63) is 0 Å². The summed E-state index contributed by atoms with van der Waals surface area (Å²) in [7, 11) is 0. The minimum absolute atomic E-state index is 0.0981. The van der Waals surface area contributed by atoms with Crippen molar-refractivity contribution < 1.29 is 64.2 Å². The second-order valence-corrected chi connectivity index (χ2v) is 8.65. The maximum Gasteiger partial charge on any atom is 0.319 e. The molecule has 3 aliphatic heterocycles. The van der Waals surface area contributed by atoms with Crippen LogP contribution in [0.2, 0.25) is 0 Å². The average Bonchev–Trinajstić information content (AvgIpc) is 3.37. The first-order chi connectivity index (χ1) is 16.7. The van der Waals surface area contributed by atoms with Crippen molar-refractivity contribution in [2.24, 2.45) is 0 Å². The maximum absolute atomic E-state index is 12.8. The van der Waals surface area contributed by atoms with E-state index in [1.807, 2.05) is 0 Å². The first-order valence-corrected chi connectivity index (χ1v) is 11.7. The molecule has 2 amide bonds. The minimum Gasteiger partial charge on any atom is -0.394 e. The highest BCUT2D eigenvalue weighted by molar-refractivity contribution is 6.18. The third-order valence-electron chi connectivity index (χ3n) is 5.95. The second kappa shape index (κ2) is 13.0. The molecular weight excluding hydrogens is 500 g/mol. The molecule has 8 N–H and O–H groups in total. The normalized spacial score (nSPS) is 40.6. The molecule has 0 aromatic rings.